The van der Waals surface area contributed by atoms with E-state index in [1.165, 1.54) is 21.2 Å². The Hall–Kier alpha value is -2.38. The van der Waals surface area contributed by atoms with Gasteiger partial charge in [-0.2, -0.15) is 12.7 Å². The quantitative estimate of drug-likeness (QED) is 0.842. The number of carboxylic acids is 1. The monoisotopic (exact) mass is 374 g/mol. The van der Waals surface area contributed by atoms with Crippen LogP contribution < -0.4 is 4.31 Å². The van der Waals surface area contributed by atoms with Crippen molar-refractivity contribution < 1.29 is 18.3 Å². The van der Waals surface area contributed by atoms with Gasteiger partial charge in [0.15, 0.2) is 0 Å². The largest absolute Gasteiger partial charge is 0.481 e. The van der Waals surface area contributed by atoms with Gasteiger partial charge in [-0.05, 0) is 41.7 Å². The van der Waals surface area contributed by atoms with Gasteiger partial charge in [0.05, 0.1) is 5.69 Å². The minimum absolute atomic E-state index is 0.0167. The average molecular weight is 374 g/mol. The number of aryl methyl sites for hydroxylation is 1. The summed E-state index contributed by atoms with van der Waals surface area (Å²) in [5, 5.41) is 8.82. The normalized spacial score (nSPS) is 14.7. The molecule has 0 radical (unpaired) electrons. The topological polar surface area (TPSA) is 77.9 Å². The van der Waals surface area contributed by atoms with Crippen LogP contribution in [0.2, 0.25) is 0 Å². The zero-order valence-corrected chi connectivity index (χ0v) is 15.4. The van der Waals surface area contributed by atoms with Crippen LogP contribution >= 0.6 is 0 Å². The second-order valence-electron chi connectivity index (χ2n) is 6.39. The molecule has 1 aliphatic heterocycles. The fraction of sp³-hybridized carbons (Fsp3) is 0.316. The molecule has 0 amide bonds. The lowest BCUT2D eigenvalue weighted by Crippen LogP contribution is -2.44. The highest BCUT2D eigenvalue weighted by Gasteiger charge is 2.30. The molecule has 0 aromatic heterocycles. The Bertz CT molecular complexity index is 911. The molecule has 138 valence electrons. The lowest BCUT2D eigenvalue weighted by atomic mass is 10.0. The SMILES string of the molecule is CN(c1cccc(CCC(=O)O)c1)S(=O)(=O)N1CCc2ccccc2C1. The Balaban J connectivity index is 1.79. The zero-order chi connectivity index (χ0) is 18.7. The number of carbonyl (C=O) groups is 1. The number of carboxylic acid groups (broad SMARTS) is 1. The first-order valence-corrected chi connectivity index (χ1v) is 9.89. The number of rotatable bonds is 6. The molecule has 0 fully saturated rings. The van der Waals surface area contributed by atoms with Gasteiger partial charge in [0.1, 0.15) is 0 Å². The first-order valence-electron chi connectivity index (χ1n) is 8.49. The number of nitrogens with zero attached hydrogens (tertiary/aromatic N) is 2. The standard InChI is InChI=1S/C19H22N2O4S/c1-20(18-8-4-5-15(13-18)9-10-19(22)23)26(24,25)21-12-11-16-6-2-3-7-17(16)14-21/h2-8,13H,9-12,14H2,1H3,(H,22,23). The van der Waals surface area contributed by atoms with Crippen LogP contribution in [0.4, 0.5) is 5.69 Å². The van der Waals surface area contributed by atoms with Crippen molar-refractivity contribution in [1.82, 2.24) is 4.31 Å². The Kier molecular flexibility index (Phi) is 5.29. The van der Waals surface area contributed by atoms with Crippen molar-refractivity contribution in [3.63, 3.8) is 0 Å². The summed E-state index contributed by atoms with van der Waals surface area (Å²) in [7, 11) is -2.12. The number of hydrogen-bond acceptors (Lipinski definition) is 3. The van der Waals surface area contributed by atoms with Crippen molar-refractivity contribution in [2.75, 3.05) is 17.9 Å². The minimum Gasteiger partial charge on any atom is -0.481 e. The fourth-order valence-corrected chi connectivity index (χ4v) is 4.48. The van der Waals surface area contributed by atoms with Gasteiger partial charge in [-0.15, -0.1) is 0 Å². The molecule has 0 unspecified atom stereocenters. The smallest absolute Gasteiger partial charge is 0.304 e. The summed E-state index contributed by atoms with van der Waals surface area (Å²) in [5.41, 5.74) is 3.56. The highest BCUT2D eigenvalue weighted by atomic mass is 32.2. The molecule has 2 aromatic carbocycles. The van der Waals surface area contributed by atoms with E-state index in [0.717, 1.165) is 11.1 Å². The first-order chi connectivity index (χ1) is 12.4. The van der Waals surface area contributed by atoms with Gasteiger partial charge < -0.3 is 5.11 Å². The second kappa shape index (κ2) is 7.47. The Morgan fingerprint density at radius 3 is 2.62 bits per heavy atom. The van der Waals surface area contributed by atoms with Crippen LogP contribution in [-0.4, -0.2) is 37.4 Å². The number of anilines is 1. The van der Waals surface area contributed by atoms with E-state index < -0.39 is 16.2 Å². The summed E-state index contributed by atoms with van der Waals surface area (Å²) in [4.78, 5) is 10.7. The van der Waals surface area contributed by atoms with Crippen molar-refractivity contribution in [2.24, 2.45) is 0 Å². The molecule has 1 N–H and O–H groups in total. The minimum atomic E-state index is -3.66. The fourth-order valence-electron chi connectivity index (χ4n) is 3.13. The maximum absolute atomic E-state index is 13.0. The van der Waals surface area contributed by atoms with E-state index >= 15 is 0 Å². The Labute approximate surface area is 153 Å². The van der Waals surface area contributed by atoms with Gasteiger partial charge in [-0.3, -0.25) is 9.10 Å². The molecule has 7 heteroatoms. The van der Waals surface area contributed by atoms with Crippen molar-refractivity contribution in [1.29, 1.82) is 0 Å². The van der Waals surface area contributed by atoms with Crippen LogP contribution in [0.15, 0.2) is 48.5 Å². The van der Waals surface area contributed by atoms with Crippen LogP contribution in [0.3, 0.4) is 0 Å². The van der Waals surface area contributed by atoms with E-state index in [2.05, 4.69) is 0 Å². The van der Waals surface area contributed by atoms with Gasteiger partial charge in [0.25, 0.3) is 0 Å². The molecule has 0 aliphatic carbocycles. The third-order valence-corrected chi connectivity index (χ3v) is 6.54. The molecular weight excluding hydrogens is 352 g/mol. The van der Waals surface area contributed by atoms with Crippen LogP contribution in [0, 0.1) is 0 Å². The summed E-state index contributed by atoms with van der Waals surface area (Å²) in [6, 6.07) is 14.9. The maximum atomic E-state index is 13.0. The third kappa shape index (κ3) is 3.89. The van der Waals surface area contributed by atoms with E-state index in [9.17, 15) is 13.2 Å². The van der Waals surface area contributed by atoms with Crippen molar-refractivity contribution in [2.45, 2.75) is 25.8 Å². The molecule has 0 saturated carbocycles. The summed E-state index contributed by atoms with van der Waals surface area (Å²) in [6.07, 6.45) is 1.08. The van der Waals surface area contributed by atoms with E-state index in [1.54, 1.807) is 18.2 Å². The zero-order valence-electron chi connectivity index (χ0n) is 14.6. The molecular formula is C19H22N2O4S. The van der Waals surface area contributed by atoms with Crippen LogP contribution in [0.25, 0.3) is 0 Å². The van der Waals surface area contributed by atoms with Crippen molar-refractivity contribution in [3.05, 3.63) is 65.2 Å². The molecule has 0 saturated heterocycles. The van der Waals surface area contributed by atoms with Gasteiger partial charge >= 0.3 is 16.2 Å². The Morgan fingerprint density at radius 2 is 1.88 bits per heavy atom. The number of benzene rings is 2. The van der Waals surface area contributed by atoms with Gasteiger partial charge in [0, 0.05) is 26.6 Å². The lowest BCUT2D eigenvalue weighted by molar-refractivity contribution is -0.136. The van der Waals surface area contributed by atoms with E-state index in [-0.39, 0.29) is 6.42 Å². The maximum Gasteiger partial charge on any atom is 0.304 e. The molecule has 0 spiro atoms. The Morgan fingerprint density at radius 1 is 1.15 bits per heavy atom. The molecule has 3 rings (SSSR count). The van der Waals surface area contributed by atoms with Crippen LogP contribution in [0.5, 0.6) is 0 Å². The summed E-state index contributed by atoms with van der Waals surface area (Å²) in [6.45, 7) is 0.809. The second-order valence-corrected chi connectivity index (χ2v) is 8.35. The van der Waals surface area contributed by atoms with Gasteiger partial charge in [-0.25, -0.2) is 0 Å². The van der Waals surface area contributed by atoms with E-state index in [0.29, 0.717) is 31.6 Å². The molecule has 0 bridgehead atoms. The van der Waals surface area contributed by atoms with Gasteiger partial charge in [0.2, 0.25) is 0 Å². The molecule has 1 heterocycles. The van der Waals surface area contributed by atoms with Crippen molar-refractivity contribution in [3.8, 4) is 0 Å². The highest BCUT2D eigenvalue weighted by Crippen LogP contribution is 2.25. The lowest BCUT2D eigenvalue weighted by Gasteiger charge is -2.32. The van der Waals surface area contributed by atoms with Crippen LogP contribution in [0.1, 0.15) is 23.1 Å². The first kappa shape index (κ1) is 18.4. The predicted molar refractivity (Wildman–Crippen MR) is 100 cm³/mol. The van der Waals surface area contributed by atoms with Crippen LogP contribution in [-0.2, 0) is 34.4 Å². The van der Waals surface area contributed by atoms with Gasteiger partial charge in [-0.1, -0.05) is 36.4 Å². The average Bonchev–Trinajstić information content (AvgIpc) is 2.65. The van der Waals surface area contributed by atoms with Crippen molar-refractivity contribution >= 4 is 21.9 Å². The number of hydrogen-bond donors (Lipinski definition) is 1. The molecule has 6 nitrogen and oxygen atoms in total. The summed E-state index contributed by atoms with van der Waals surface area (Å²) < 4.78 is 28.8. The highest BCUT2D eigenvalue weighted by molar-refractivity contribution is 7.90. The predicted octanol–water partition coefficient (Wildman–Crippen LogP) is 2.44. The number of aliphatic carboxylic acids is 1. The summed E-state index contributed by atoms with van der Waals surface area (Å²) in [5.74, 6) is -0.872. The number of fused-ring (bicyclic) bond motifs is 1. The third-order valence-electron chi connectivity index (χ3n) is 4.67. The molecule has 1 aliphatic rings. The van der Waals surface area contributed by atoms with E-state index in [1.807, 2.05) is 30.3 Å². The molecule has 2 aromatic rings. The van der Waals surface area contributed by atoms with E-state index in [4.69, 9.17) is 5.11 Å². The molecule has 26 heavy (non-hydrogen) atoms. The molecule has 0 atom stereocenters. The summed E-state index contributed by atoms with van der Waals surface area (Å²) >= 11 is 0.